The Labute approximate surface area is 110 Å². The Morgan fingerprint density at radius 1 is 1.26 bits per heavy atom. The van der Waals surface area contributed by atoms with Gasteiger partial charge in [-0.25, -0.2) is 4.39 Å². The molecule has 3 N–H and O–H groups in total. The van der Waals surface area contributed by atoms with Crippen LogP contribution in [0.2, 0.25) is 0 Å². The number of methoxy groups -OCH3 is 1. The molecule has 4 nitrogen and oxygen atoms in total. The molecule has 0 bridgehead atoms. The Bertz CT molecular complexity index is 614. The molecule has 0 radical (unpaired) electrons. The summed E-state index contributed by atoms with van der Waals surface area (Å²) in [7, 11) is 1.50. The molecular weight excluding hydrogens is 247 g/mol. The number of hydrogen-bond acceptors (Lipinski definition) is 3. The number of nitrogen functional groups attached to an aromatic ring is 1. The van der Waals surface area contributed by atoms with E-state index in [-0.39, 0.29) is 11.3 Å². The third-order valence-corrected chi connectivity index (χ3v) is 2.62. The minimum Gasteiger partial charge on any atom is -0.495 e. The molecule has 0 saturated carbocycles. The summed E-state index contributed by atoms with van der Waals surface area (Å²) in [5, 5.41) is 2.64. The van der Waals surface area contributed by atoms with Gasteiger partial charge >= 0.3 is 0 Å². The lowest BCUT2D eigenvalue weighted by Gasteiger charge is -2.11. The minimum atomic E-state index is -0.514. The zero-order valence-corrected chi connectivity index (χ0v) is 10.3. The van der Waals surface area contributed by atoms with E-state index in [2.05, 4.69) is 5.32 Å². The van der Waals surface area contributed by atoms with Gasteiger partial charge in [-0.05, 0) is 30.3 Å². The topological polar surface area (TPSA) is 64.3 Å². The third-order valence-electron chi connectivity index (χ3n) is 2.62. The van der Waals surface area contributed by atoms with E-state index in [0.29, 0.717) is 11.4 Å². The van der Waals surface area contributed by atoms with Crippen LogP contribution in [0.25, 0.3) is 0 Å². The molecule has 1 amide bonds. The maximum atomic E-state index is 13.1. The van der Waals surface area contributed by atoms with Crippen molar-refractivity contribution in [2.75, 3.05) is 18.2 Å². The average molecular weight is 260 g/mol. The molecule has 5 heteroatoms. The van der Waals surface area contributed by atoms with Crippen LogP contribution in [0.4, 0.5) is 15.8 Å². The van der Waals surface area contributed by atoms with E-state index in [0.717, 1.165) is 6.07 Å². The Morgan fingerprint density at radius 3 is 2.74 bits per heavy atom. The van der Waals surface area contributed by atoms with Crippen molar-refractivity contribution in [2.24, 2.45) is 0 Å². The predicted octanol–water partition coefficient (Wildman–Crippen LogP) is 2.67. The second-order valence-corrected chi connectivity index (χ2v) is 3.89. The molecule has 19 heavy (non-hydrogen) atoms. The number of nitrogens with one attached hydrogen (secondary N) is 1. The van der Waals surface area contributed by atoms with Gasteiger partial charge in [0.15, 0.2) is 0 Å². The second kappa shape index (κ2) is 5.39. The van der Waals surface area contributed by atoms with Crippen molar-refractivity contribution in [1.82, 2.24) is 0 Å². The summed E-state index contributed by atoms with van der Waals surface area (Å²) >= 11 is 0. The Kier molecular flexibility index (Phi) is 3.66. The standard InChI is InChI=1S/C14H13FN2O2/c1-19-13-5-3-2-4-12(13)17-14(18)10-8-9(15)6-7-11(10)16/h2-8H,16H2,1H3,(H,17,18). The molecule has 0 aliphatic rings. The van der Waals surface area contributed by atoms with Crippen molar-refractivity contribution < 1.29 is 13.9 Å². The van der Waals surface area contributed by atoms with E-state index in [1.807, 2.05) is 0 Å². The highest BCUT2D eigenvalue weighted by molar-refractivity contribution is 6.08. The highest BCUT2D eigenvalue weighted by Gasteiger charge is 2.13. The van der Waals surface area contributed by atoms with E-state index < -0.39 is 11.7 Å². The van der Waals surface area contributed by atoms with Crippen LogP contribution in [0, 0.1) is 5.82 Å². The second-order valence-electron chi connectivity index (χ2n) is 3.89. The maximum Gasteiger partial charge on any atom is 0.257 e. The fraction of sp³-hybridized carbons (Fsp3) is 0.0714. The number of nitrogens with two attached hydrogens (primary N) is 1. The van der Waals surface area contributed by atoms with Crippen LogP contribution in [0.15, 0.2) is 42.5 Å². The zero-order chi connectivity index (χ0) is 13.8. The SMILES string of the molecule is COc1ccccc1NC(=O)c1cc(F)ccc1N. The van der Waals surface area contributed by atoms with Crippen molar-refractivity contribution in [3.8, 4) is 5.75 Å². The van der Waals surface area contributed by atoms with Crippen LogP contribution in [0.3, 0.4) is 0 Å². The summed E-state index contributed by atoms with van der Waals surface area (Å²) < 4.78 is 18.2. The monoisotopic (exact) mass is 260 g/mol. The molecule has 98 valence electrons. The maximum absolute atomic E-state index is 13.1. The summed E-state index contributed by atoms with van der Waals surface area (Å²) in [5.41, 5.74) is 6.46. The van der Waals surface area contributed by atoms with Gasteiger partial charge in [-0.1, -0.05) is 12.1 Å². The summed E-state index contributed by atoms with van der Waals surface area (Å²) in [5.74, 6) is -0.480. The number of hydrogen-bond donors (Lipinski definition) is 2. The van der Waals surface area contributed by atoms with E-state index in [4.69, 9.17) is 10.5 Å². The molecule has 0 aliphatic heterocycles. The fourth-order valence-electron chi connectivity index (χ4n) is 1.66. The molecule has 0 unspecified atom stereocenters. The number of anilines is 2. The van der Waals surface area contributed by atoms with Crippen LogP contribution >= 0.6 is 0 Å². The predicted molar refractivity (Wildman–Crippen MR) is 71.8 cm³/mol. The lowest BCUT2D eigenvalue weighted by molar-refractivity contribution is 0.102. The van der Waals surface area contributed by atoms with Crippen LogP contribution < -0.4 is 15.8 Å². The molecule has 0 heterocycles. The van der Waals surface area contributed by atoms with Crippen LogP contribution in [-0.4, -0.2) is 13.0 Å². The smallest absolute Gasteiger partial charge is 0.257 e. The molecule has 0 fully saturated rings. The van der Waals surface area contributed by atoms with E-state index in [9.17, 15) is 9.18 Å². The minimum absolute atomic E-state index is 0.0888. The number of halogens is 1. The first kappa shape index (κ1) is 12.9. The van der Waals surface area contributed by atoms with Crippen molar-refractivity contribution in [1.29, 1.82) is 0 Å². The van der Waals surface area contributed by atoms with Gasteiger partial charge in [-0.15, -0.1) is 0 Å². The Hall–Kier alpha value is -2.56. The highest BCUT2D eigenvalue weighted by Crippen LogP contribution is 2.24. The molecule has 2 aromatic carbocycles. The Morgan fingerprint density at radius 2 is 2.00 bits per heavy atom. The van der Waals surface area contributed by atoms with Crippen LogP contribution in [0.1, 0.15) is 10.4 Å². The zero-order valence-electron chi connectivity index (χ0n) is 10.3. The van der Waals surface area contributed by atoms with Gasteiger partial charge in [0.1, 0.15) is 11.6 Å². The molecule has 0 saturated heterocycles. The van der Waals surface area contributed by atoms with Crippen LogP contribution in [0.5, 0.6) is 5.75 Å². The fourth-order valence-corrected chi connectivity index (χ4v) is 1.66. The van der Waals surface area contributed by atoms with Gasteiger partial charge in [-0.2, -0.15) is 0 Å². The van der Waals surface area contributed by atoms with Gasteiger partial charge in [-0.3, -0.25) is 4.79 Å². The quantitative estimate of drug-likeness (QED) is 0.834. The lowest BCUT2D eigenvalue weighted by atomic mass is 10.1. The van der Waals surface area contributed by atoms with Gasteiger partial charge in [0.2, 0.25) is 0 Å². The summed E-state index contributed by atoms with van der Waals surface area (Å²) in [6, 6.07) is 10.6. The molecule has 0 spiro atoms. The summed E-state index contributed by atoms with van der Waals surface area (Å²) in [6.07, 6.45) is 0. The first-order valence-electron chi connectivity index (χ1n) is 5.61. The molecule has 0 aromatic heterocycles. The van der Waals surface area contributed by atoms with Crippen molar-refractivity contribution in [2.45, 2.75) is 0 Å². The molecule has 0 atom stereocenters. The highest BCUT2D eigenvalue weighted by atomic mass is 19.1. The van der Waals surface area contributed by atoms with Crippen LogP contribution in [-0.2, 0) is 0 Å². The first-order chi connectivity index (χ1) is 9.11. The van der Waals surface area contributed by atoms with E-state index in [1.54, 1.807) is 24.3 Å². The normalized spacial score (nSPS) is 10.0. The number of benzene rings is 2. The van der Waals surface area contributed by atoms with Crippen molar-refractivity contribution >= 4 is 17.3 Å². The first-order valence-corrected chi connectivity index (χ1v) is 5.61. The van der Waals surface area contributed by atoms with Crippen molar-refractivity contribution in [3.05, 3.63) is 53.8 Å². The number of ether oxygens (including phenoxy) is 1. The number of amides is 1. The van der Waals surface area contributed by atoms with E-state index in [1.165, 1.54) is 19.2 Å². The largest absolute Gasteiger partial charge is 0.495 e. The molecular formula is C14H13FN2O2. The third kappa shape index (κ3) is 2.82. The summed E-state index contributed by atoms with van der Waals surface area (Å²) in [4.78, 5) is 12.0. The van der Waals surface area contributed by atoms with Gasteiger partial charge in [0, 0.05) is 5.69 Å². The van der Waals surface area contributed by atoms with Gasteiger partial charge in [0.25, 0.3) is 5.91 Å². The number of rotatable bonds is 3. The molecule has 0 aliphatic carbocycles. The van der Waals surface area contributed by atoms with E-state index >= 15 is 0 Å². The molecule has 2 rings (SSSR count). The number of carbonyl (C=O) groups excluding carboxylic acids is 1. The Balaban J connectivity index is 2.28. The van der Waals surface area contributed by atoms with Gasteiger partial charge < -0.3 is 15.8 Å². The molecule has 2 aromatic rings. The number of carbonyl (C=O) groups is 1. The average Bonchev–Trinajstić information content (AvgIpc) is 2.42. The van der Waals surface area contributed by atoms with Gasteiger partial charge in [0.05, 0.1) is 18.4 Å². The van der Waals surface area contributed by atoms with Crippen molar-refractivity contribution in [3.63, 3.8) is 0 Å². The lowest BCUT2D eigenvalue weighted by Crippen LogP contribution is -2.14. The number of para-hydroxylation sites is 2. The summed E-state index contributed by atoms with van der Waals surface area (Å²) in [6.45, 7) is 0.